The lowest BCUT2D eigenvalue weighted by atomic mass is 10.1. The first-order valence-electron chi connectivity index (χ1n) is 4.51. The lowest BCUT2D eigenvalue weighted by Crippen LogP contribution is -2.37. The summed E-state index contributed by atoms with van der Waals surface area (Å²) in [5.41, 5.74) is -0.809. The number of hydrogen-bond acceptors (Lipinski definition) is 5. The van der Waals surface area contributed by atoms with E-state index >= 15 is 0 Å². The average Bonchev–Trinajstić information content (AvgIpc) is 2.27. The van der Waals surface area contributed by atoms with Gasteiger partial charge >= 0.3 is 0 Å². The van der Waals surface area contributed by atoms with E-state index in [0.717, 1.165) is 0 Å². The fourth-order valence-electron chi connectivity index (χ4n) is 0.966. The highest BCUT2D eigenvalue weighted by atomic mass is 16.3. The zero-order chi connectivity index (χ0) is 11.3. The molecule has 0 aliphatic heterocycles. The average molecular weight is 207 g/mol. The van der Waals surface area contributed by atoms with E-state index in [1.165, 1.54) is 6.92 Å². The van der Waals surface area contributed by atoms with Gasteiger partial charge in [0.1, 0.15) is 17.5 Å². The monoisotopic (exact) mass is 207 g/mol. The van der Waals surface area contributed by atoms with Crippen molar-refractivity contribution in [3.05, 3.63) is 23.9 Å². The van der Waals surface area contributed by atoms with Gasteiger partial charge in [-0.3, -0.25) is 0 Å². The van der Waals surface area contributed by atoms with E-state index in [2.05, 4.69) is 10.3 Å². The maximum Gasteiger partial charge on any atom is 0.143 e. The lowest BCUT2D eigenvalue weighted by molar-refractivity contribution is 0.0131. The van der Waals surface area contributed by atoms with Gasteiger partial charge in [0, 0.05) is 12.7 Å². The van der Waals surface area contributed by atoms with Crippen LogP contribution in [0.4, 0.5) is 5.82 Å². The van der Waals surface area contributed by atoms with Crippen LogP contribution in [0.25, 0.3) is 0 Å². The normalized spacial score (nSPS) is 14.0. The zero-order valence-electron chi connectivity index (χ0n) is 8.44. The maximum absolute atomic E-state index is 9.52. The fourth-order valence-corrected chi connectivity index (χ4v) is 0.966. The van der Waals surface area contributed by atoms with E-state index < -0.39 is 5.60 Å². The van der Waals surface area contributed by atoms with Crippen molar-refractivity contribution in [2.75, 3.05) is 18.5 Å². The van der Waals surface area contributed by atoms with E-state index in [0.29, 0.717) is 11.4 Å². The Morgan fingerprint density at radius 3 is 3.00 bits per heavy atom. The minimum absolute atomic E-state index is 0.134. The number of aromatic nitrogens is 1. The minimum atomic E-state index is -1.22. The van der Waals surface area contributed by atoms with Crippen LogP contribution in [0, 0.1) is 11.3 Å². The van der Waals surface area contributed by atoms with Crippen LogP contribution < -0.4 is 5.32 Å². The number of anilines is 1. The molecule has 1 aromatic heterocycles. The Kier molecular flexibility index (Phi) is 3.61. The molecule has 0 fully saturated rings. The highest BCUT2D eigenvalue weighted by Gasteiger charge is 2.19. The smallest absolute Gasteiger partial charge is 0.143 e. The van der Waals surface area contributed by atoms with Gasteiger partial charge in [-0.2, -0.15) is 5.26 Å². The van der Waals surface area contributed by atoms with Crippen LogP contribution in [0.3, 0.4) is 0 Å². The summed E-state index contributed by atoms with van der Waals surface area (Å²) in [6.45, 7) is 1.28. The molecule has 1 aromatic rings. The van der Waals surface area contributed by atoms with E-state index in [4.69, 9.17) is 10.4 Å². The first kappa shape index (κ1) is 11.4. The molecule has 1 atom stereocenters. The Morgan fingerprint density at radius 2 is 2.40 bits per heavy atom. The molecular weight excluding hydrogens is 194 g/mol. The van der Waals surface area contributed by atoms with Crippen molar-refractivity contribution in [3.8, 4) is 6.07 Å². The summed E-state index contributed by atoms with van der Waals surface area (Å²) in [6.07, 6.45) is 1.55. The van der Waals surface area contributed by atoms with Crippen molar-refractivity contribution >= 4 is 5.82 Å². The molecule has 0 spiro atoms. The van der Waals surface area contributed by atoms with E-state index in [1.807, 2.05) is 6.07 Å². The van der Waals surface area contributed by atoms with Crippen molar-refractivity contribution in [2.24, 2.45) is 0 Å². The second kappa shape index (κ2) is 4.73. The number of nitrogens with zero attached hydrogens (tertiary/aromatic N) is 2. The van der Waals surface area contributed by atoms with Crippen molar-refractivity contribution in [1.82, 2.24) is 4.98 Å². The number of nitriles is 1. The third-order valence-corrected chi connectivity index (χ3v) is 1.91. The topological polar surface area (TPSA) is 89.2 Å². The maximum atomic E-state index is 9.52. The van der Waals surface area contributed by atoms with Gasteiger partial charge < -0.3 is 15.5 Å². The Morgan fingerprint density at radius 1 is 1.67 bits per heavy atom. The third kappa shape index (κ3) is 3.20. The quantitative estimate of drug-likeness (QED) is 0.652. The summed E-state index contributed by atoms with van der Waals surface area (Å²) in [6, 6.07) is 5.27. The van der Waals surface area contributed by atoms with Gasteiger partial charge in [0.25, 0.3) is 0 Å². The molecule has 80 valence electrons. The molecule has 0 amide bonds. The van der Waals surface area contributed by atoms with E-state index in [9.17, 15) is 5.11 Å². The van der Waals surface area contributed by atoms with Gasteiger partial charge in [-0.1, -0.05) is 0 Å². The van der Waals surface area contributed by atoms with Crippen LogP contribution in [0.15, 0.2) is 18.3 Å². The molecule has 0 aliphatic rings. The Labute approximate surface area is 88.0 Å². The van der Waals surface area contributed by atoms with Gasteiger partial charge in [0.15, 0.2) is 0 Å². The van der Waals surface area contributed by atoms with Gasteiger partial charge in [-0.15, -0.1) is 0 Å². The highest BCUT2D eigenvalue weighted by molar-refractivity contribution is 5.51. The Balaban J connectivity index is 2.70. The number of aliphatic hydroxyl groups excluding tert-OH is 1. The number of pyridine rings is 1. The van der Waals surface area contributed by atoms with Crippen LogP contribution in [-0.4, -0.2) is 33.9 Å². The molecule has 1 unspecified atom stereocenters. The van der Waals surface area contributed by atoms with Crippen molar-refractivity contribution in [2.45, 2.75) is 12.5 Å². The Hall–Kier alpha value is -1.64. The molecule has 0 aromatic carbocycles. The molecule has 0 saturated heterocycles. The Bertz CT molecular complexity index is 371. The second-order valence-corrected chi connectivity index (χ2v) is 3.52. The third-order valence-electron chi connectivity index (χ3n) is 1.91. The molecule has 0 aliphatic carbocycles. The predicted octanol–water partition coefficient (Wildman–Crippen LogP) is 0.108. The van der Waals surface area contributed by atoms with Crippen LogP contribution in [0.1, 0.15) is 12.5 Å². The molecular formula is C10H13N3O2. The number of rotatable bonds is 4. The summed E-state index contributed by atoms with van der Waals surface area (Å²) in [7, 11) is 0. The molecule has 0 saturated carbocycles. The van der Waals surface area contributed by atoms with Gasteiger partial charge in [-0.05, 0) is 19.1 Å². The van der Waals surface area contributed by atoms with Gasteiger partial charge in [-0.25, -0.2) is 4.98 Å². The van der Waals surface area contributed by atoms with Gasteiger partial charge in [0.2, 0.25) is 0 Å². The largest absolute Gasteiger partial charge is 0.393 e. The first-order chi connectivity index (χ1) is 7.09. The van der Waals surface area contributed by atoms with Crippen LogP contribution in [0.5, 0.6) is 0 Å². The standard InChI is InChI=1S/C10H13N3O2/c1-10(15,7-14)6-13-9-8(5-11)3-2-4-12-9/h2-4,14-15H,6-7H2,1H3,(H,12,13). The van der Waals surface area contributed by atoms with Crippen molar-refractivity contribution in [3.63, 3.8) is 0 Å². The SMILES string of the molecule is CC(O)(CO)CNc1ncccc1C#N. The number of nitrogens with one attached hydrogen (secondary N) is 1. The summed E-state index contributed by atoms with van der Waals surface area (Å²) < 4.78 is 0. The summed E-state index contributed by atoms with van der Waals surface area (Å²) in [5, 5.41) is 29.9. The molecule has 1 heterocycles. The molecule has 5 nitrogen and oxygen atoms in total. The van der Waals surface area contributed by atoms with Crippen LogP contribution in [0.2, 0.25) is 0 Å². The molecule has 0 radical (unpaired) electrons. The predicted molar refractivity (Wildman–Crippen MR) is 55.2 cm³/mol. The van der Waals surface area contributed by atoms with E-state index in [-0.39, 0.29) is 13.2 Å². The number of hydrogen-bond donors (Lipinski definition) is 3. The van der Waals surface area contributed by atoms with Crippen molar-refractivity contribution in [1.29, 1.82) is 5.26 Å². The highest BCUT2D eigenvalue weighted by Crippen LogP contribution is 2.11. The molecule has 1 rings (SSSR count). The summed E-state index contributed by atoms with van der Waals surface area (Å²) >= 11 is 0. The van der Waals surface area contributed by atoms with Gasteiger partial charge in [0.05, 0.1) is 12.2 Å². The molecule has 0 bridgehead atoms. The van der Waals surface area contributed by atoms with E-state index in [1.54, 1.807) is 18.3 Å². The number of aliphatic hydroxyl groups is 2. The minimum Gasteiger partial charge on any atom is -0.393 e. The lowest BCUT2D eigenvalue weighted by Gasteiger charge is -2.21. The molecule has 5 heteroatoms. The summed E-state index contributed by atoms with van der Waals surface area (Å²) in [5.74, 6) is 0.411. The zero-order valence-corrected chi connectivity index (χ0v) is 8.44. The molecule has 15 heavy (non-hydrogen) atoms. The fraction of sp³-hybridized carbons (Fsp3) is 0.400. The summed E-state index contributed by atoms with van der Waals surface area (Å²) in [4.78, 5) is 3.96. The van der Waals surface area contributed by atoms with Crippen LogP contribution in [-0.2, 0) is 0 Å². The second-order valence-electron chi connectivity index (χ2n) is 3.52. The van der Waals surface area contributed by atoms with Crippen molar-refractivity contribution < 1.29 is 10.2 Å². The first-order valence-corrected chi connectivity index (χ1v) is 4.51. The molecule has 3 N–H and O–H groups in total. The van der Waals surface area contributed by atoms with Crippen LogP contribution >= 0.6 is 0 Å².